The first-order chi connectivity index (χ1) is 8.27. The summed E-state index contributed by atoms with van der Waals surface area (Å²) < 4.78 is 10.7. The Labute approximate surface area is 106 Å². The maximum absolute atomic E-state index is 6.21. The fourth-order valence-electron chi connectivity index (χ4n) is 1.78. The average molecular weight is 249 g/mol. The van der Waals surface area contributed by atoms with E-state index >= 15 is 0 Å². The maximum atomic E-state index is 6.21. The molecule has 3 heteroatoms. The minimum absolute atomic E-state index is 0.676. The molecule has 0 atom stereocenters. The zero-order valence-electron chi connectivity index (χ0n) is 9.74. The topological polar surface area (TPSA) is 18.5 Å². The van der Waals surface area contributed by atoms with Crippen molar-refractivity contribution in [2.24, 2.45) is 0 Å². The van der Waals surface area contributed by atoms with Gasteiger partial charge in [0, 0.05) is 10.6 Å². The number of benzene rings is 2. The molecular formula is C14H13ClO2. The lowest BCUT2D eigenvalue weighted by molar-refractivity contribution is 0.397. The summed E-state index contributed by atoms with van der Waals surface area (Å²) in [7, 11) is 3.27. The van der Waals surface area contributed by atoms with Gasteiger partial charge in [-0.25, -0.2) is 0 Å². The second-order valence-electron chi connectivity index (χ2n) is 3.52. The quantitative estimate of drug-likeness (QED) is 0.817. The summed E-state index contributed by atoms with van der Waals surface area (Å²) in [5.74, 6) is 1.50. The van der Waals surface area contributed by atoms with Gasteiger partial charge < -0.3 is 9.47 Å². The Morgan fingerprint density at radius 1 is 0.824 bits per heavy atom. The van der Waals surface area contributed by atoms with Crippen LogP contribution < -0.4 is 9.47 Å². The normalized spacial score (nSPS) is 10.1. The van der Waals surface area contributed by atoms with Crippen LogP contribution in [0.1, 0.15) is 0 Å². The van der Waals surface area contributed by atoms with Crippen molar-refractivity contribution in [3.63, 3.8) is 0 Å². The second kappa shape index (κ2) is 5.11. The number of rotatable bonds is 3. The highest BCUT2D eigenvalue weighted by Gasteiger charge is 2.14. The first-order valence-electron chi connectivity index (χ1n) is 5.24. The first-order valence-corrected chi connectivity index (χ1v) is 5.61. The van der Waals surface area contributed by atoms with E-state index in [1.807, 2.05) is 42.5 Å². The monoisotopic (exact) mass is 248 g/mol. The van der Waals surface area contributed by atoms with Crippen LogP contribution in [0, 0.1) is 0 Å². The van der Waals surface area contributed by atoms with Gasteiger partial charge in [-0.1, -0.05) is 35.9 Å². The molecular weight excluding hydrogens is 236 g/mol. The van der Waals surface area contributed by atoms with Crippen LogP contribution in [0.15, 0.2) is 42.5 Å². The molecule has 0 amide bonds. The first kappa shape index (κ1) is 11.8. The minimum Gasteiger partial charge on any atom is -0.496 e. The van der Waals surface area contributed by atoms with Crippen LogP contribution in [-0.2, 0) is 0 Å². The van der Waals surface area contributed by atoms with Crippen LogP contribution in [0.5, 0.6) is 11.5 Å². The van der Waals surface area contributed by atoms with E-state index in [9.17, 15) is 0 Å². The van der Waals surface area contributed by atoms with E-state index in [1.165, 1.54) is 0 Å². The van der Waals surface area contributed by atoms with Gasteiger partial charge in [0.1, 0.15) is 11.5 Å². The Kier molecular flexibility index (Phi) is 3.55. The zero-order valence-corrected chi connectivity index (χ0v) is 10.5. The smallest absolute Gasteiger partial charge is 0.130 e. The highest BCUT2D eigenvalue weighted by atomic mass is 35.5. The van der Waals surface area contributed by atoms with E-state index in [0.717, 1.165) is 22.6 Å². The molecule has 0 bridgehead atoms. The lowest BCUT2D eigenvalue weighted by Gasteiger charge is -2.14. The molecule has 0 aliphatic heterocycles. The summed E-state index contributed by atoms with van der Waals surface area (Å²) in [6.45, 7) is 0. The Balaban J connectivity index is 2.69. The van der Waals surface area contributed by atoms with Gasteiger partial charge in [-0.2, -0.15) is 0 Å². The van der Waals surface area contributed by atoms with Gasteiger partial charge >= 0.3 is 0 Å². The van der Waals surface area contributed by atoms with E-state index in [2.05, 4.69) is 0 Å². The molecule has 0 saturated carbocycles. The van der Waals surface area contributed by atoms with Crippen molar-refractivity contribution in [3.8, 4) is 22.6 Å². The maximum Gasteiger partial charge on any atom is 0.130 e. The molecule has 2 rings (SSSR count). The van der Waals surface area contributed by atoms with Crippen molar-refractivity contribution < 1.29 is 9.47 Å². The van der Waals surface area contributed by atoms with Gasteiger partial charge in [-0.3, -0.25) is 0 Å². The van der Waals surface area contributed by atoms with Crippen LogP contribution in [0.2, 0.25) is 5.02 Å². The molecule has 2 aromatic carbocycles. The van der Waals surface area contributed by atoms with E-state index in [4.69, 9.17) is 21.1 Å². The summed E-state index contributed by atoms with van der Waals surface area (Å²) in [5, 5.41) is 0.676. The molecule has 2 aromatic rings. The molecule has 0 spiro atoms. The molecule has 0 aromatic heterocycles. The van der Waals surface area contributed by atoms with Crippen molar-refractivity contribution in [2.45, 2.75) is 0 Å². The van der Waals surface area contributed by atoms with Gasteiger partial charge in [0.15, 0.2) is 0 Å². The van der Waals surface area contributed by atoms with Crippen LogP contribution in [0.3, 0.4) is 0 Å². The van der Waals surface area contributed by atoms with Crippen molar-refractivity contribution in [1.29, 1.82) is 0 Å². The molecule has 0 aliphatic rings. The van der Waals surface area contributed by atoms with E-state index in [-0.39, 0.29) is 0 Å². The Morgan fingerprint density at radius 2 is 1.41 bits per heavy atom. The van der Waals surface area contributed by atoms with Gasteiger partial charge in [-0.15, -0.1) is 0 Å². The third kappa shape index (κ3) is 2.22. The number of hydrogen-bond donors (Lipinski definition) is 0. The van der Waals surface area contributed by atoms with E-state index in [1.54, 1.807) is 14.2 Å². The number of methoxy groups -OCH3 is 2. The molecule has 0 aliphatic carbocycles. The fourth-order valence-corrected chi connectivity index (χ4v) is 2.01. The van der Waals surface area contributed by atoms with Gasteiger partial charge in [0.25, 0.3) is 0 Å². The summed E-state index contributed by atoms with van der Waals surface area (Å²) in [4.78, 5) is 0. The predicted molar refractivity (Wildman–Crippen MR) is 70.0 cm³/mol. The molecule has 0 fully saturated rings. The van der Waals surface area contributed by atoms with Crippen molar-refractivity contribution in [1.82, 2.24) is 0 Å². The van der Waals surface area contributed by atoms with E-state index in [0.29, 0.717) is 5.02 Å². The highest BCUT2D eigenvalue weighted by molar-refractivity contribution is 6.33. The standard InChI is InChI=1S/C14H13ClO2/c1-16-12-8-5-9-13(17-2)14(12)10-6-3-4-7-11(10)15/h3-9H,1-2H3. The molecule has 0 saturated heterocycles. The summed E-state index contributed by atoms with van der Waals surface area (Å²) in [5.41, 5.74) is 1.78. The number of hydrogen-bond acceptors (Lipinski definition) is 2. The third-order valence-electron chi connectivity index (χ3n) is 2.57. The van der Waals surface area contributed by atoms with Crippen molar-refractivity contribution >= 4 is 11.6 Å². The Hall–Kier alpha value is -1.67. The summed E-state index contributed by atoms with van der Waals surface area (Å²) >= 11 is 6.21. The van der Waals surface area contributed by atoms with Crippen molar-refractivity contribution in [3.05, 3.63) is 47.5 Å². The molecule has 0 N–H and O–H groups in total. The molecule has 88 valence electrons. The van der Waals surface area contributed by atoms with Crippen LogP contribution in [0.25, 0.3) is 11.1 Å². The lowest BCUT2D eigenvalue weighted by atomic mass is 10.0. The molecule has 0 heterocycles. The van der Waals surface area contributed by atoms with Crippen LogP contribution in [-0.4, -0.2) is 14.2 Å². The van der Waals surface area contributed by atoms with Gasteiger partial charge in [0.2, 0.25) is 0 Å². The number of ether oxygens (including phenoxy) is 2. The van der Waals surface area contributed by atoms with Gasteiger partial charge in [-0.05, 0) is 18.2 Å². The Morgan fingerprint density at radius 3 is 1.94 bits per heavy atom. The van der Waals surface area contributed by atoms with Gasteiger partial charge in [0.05, 0.1) is 19.8 Å². The van der Waals surface area contributed by atoms with Crippen LogP contribution >= 0.6 is 11.6 Å². The average Bonchev–Trinajstić information content (AvgIpc) is 2.38. The van der Waals surface area contributed by atoms with E-state index < -0.39 is 0 Å². The summed E-state index contributed by atoms with van der Waals surface area (Å²) in [6.07, 6.45) is 0. The third-order valence-corrected chi connectivity index (χ3v) is 2.90. The second-order valence-corrected chi connectivity index (χ2v) is 3.92. The largest absolute Gasteiger partial charge is 0.496 e. The fraction of sp³-hybridized carbons (Fsp3) is 0.143. The Bertz CT molecular complexity index is 501. The molecule has 0 radical (unpaired) electrons. The van der Waals surface area contributed by atoms with Crippen LogP contribution in [0.4, 0.5) is 0 Å². The molecule has 2 nitrogen and oxygen atoms in total. The zero-order chi connectivity index (χ0) is 12.3. The molecule has 0 unspecified atom stereocenters. The predicted octanol–water partition coefficient (Wildman–Crippen LogP) is 4.02. The highest BCUT2D eigenvalue weighted by Crippen LogP contribution is 2.41. The summed E-state index contributed by atoms with van der Waals surface area (Å²) in [6, 6.07) is 13.3. The SMILES string of the molecule is COc1cccc(OC)c1-c1ccccc1Cl. The number of halogens is 1. The van der Waals surface area contributed by atoms with Crippen molar-refractivity contribution in [2.75, 3.05) is 14.2 Å². The minimum atomic E-state index is 0.676. The lowest BCUT2D eigenvalue weighted by Crippen LogP contribution is -1.93. The molecule has 17 heavy (non-hydrogen) atoms.